The minimum Gasteiger partial charge on any atom is -0.484 e. The molecular formula is C18H21NO6. The number of aliphatic carboxylic acids is 1. The molecule has 134 valence electrons. The number of carbonyl (C=O) groups is 2. The number of carboxylic acids is 1. The first-order valence-corrected chi connectivity index (χ1v) is 8.10. The molecule has 25 heavy (non-hydrogen) atoms. The third-order valence-electron chi connectivity index (χ3n) is 3.77. The normalized spacial score (nSPS) is 11.9. The number of aryl methyl sites for hydroxylation is 1. The van der Waals surface area contributed by atoms with Gasteiger partial charge in [0.1, 0.15) is 17.4 Å². The molecule has 1 aromatic carbocycles. The minimum absolute atomic E-state index is 0.322. The van der Waals surface area contributed by atoms with Gasteiger partial charge in [0, 0.05) is 17.5 Å². The van der Waals surface area contributed by atoms with Crippen molar-refractivity contribution in [2.24, 2.45) is 0 Å². The zero-order valence-corrected chi connectivity index (χ0v) is 14.2. The zero-order valence-electron chi connectivity index (χ0n) is 14.2. The van der Waals surface area contributed by atoms with Crippen LogP contribution >= 0.6 is 0 Å². The molecule has 2 N–H and O–H groups in total. The first kappa shape index (κ1) is 18.5. The highest BCUT2D eigenvalue weighted by atomic mass is 16.5. The van der Waals surface area contributed by atoms with E-state index in [4.69, 9.17) is 14.3 Å². The van der Waals surface area contributed by atoms with Gasteiger partial charge in [-0.25, -0.2) is 9.59 Å². The van der Waals surface area contributed by atoms with Gasteiger partial charge in [-0.2, -0.15) is 0 Å². The molecule has 0 radical (unpaired) electrons. The summed E-state index contributed by atoms with van der Waals surface area (Å²) in [6, 6.07) is 5.41. The van der Waals surface area contributed by atoms with E-state index in [-0.39, 0.29) is 6.61 Å². The third kappa shape index (κ3) is 5.07. The van der Waals surface area contributed by atoms with Crippen molar-refractivity contribution < 1.29 is 23.8 Å². The van der Waals surface area contributed by atoms with Crippen molar-refractivity contribution in [1.29, 1.82) is 0 Å². The number of unbranched alkanes of at least 4 members (excludes halogenated alkanes) is 1. The maximum atomic E-state index is 11.9. The zero-order chi connectivity index (χ0) is 18.4. The summed E-state index contributed by atoms with van der Waals surface area (Å²) in [7, 11) is 0. The quantitative estimate of drug-likeness (QED) is 0.710. The summed E-state index contributed by atoms with van der Waals surface area (Å²) in [5.41, 5.74) is 0.699. The molecule has 2 rings (SSSR count). The fourth-order valence-electron chi connectivity index (χ4n) is 2.45. The van der Waals surface area contributed by atoms with Crippen molar-refractivity contribution in [2.75, 3.05) is 6.61 Å². The van der Waals surface area contributed by atoms with Crippen molar-refractivity contribution in [3.05, 3.63) is 40.2 Å². The first-order valence-electron chi connectivity index (χ1n) is 8.10. The molecule has 7 nitrogen and oxygen atoms in total. The van der Waals surface area contributed by atoms with Crippen LogP contribution in [0.5, 0.6) is 5.75 Å². The Morgan fingerprint density at radius 1 is 1.32 bits per heavy atom. The summed E-state index contributed by atoms with van der Waals surface area (Å²) < 4.78 is 10.5. The van der Waals surface area contributed by atoms with Crippen LogP contribution in [0.25, 0.3) is 11.0 Å². The van der Waals surface area contributed by atoms with Crippen molar-refractivity contribution >= 4 is 22.8 Å². The average Bonchev–Trinajstić information content (AvgIpc) is 2.56. The fourth-order valence-corrected chi connectivity index (χ4v) is 2.45. The molecule has 1 amide bonds. The largest absolute Gasteiger partial charge is 0.484 e. The van der Waals surface area contributed by atoms with Crippen LogP contribution in [0, 0.1) is 6.92 Å². The van der Waals surface area contributed by atoms with Gasteiger partial charge in [-0.15, -0.1) is 0 Å². The molecule has 0 saturated carbocycles. The van der Waals surface area contributed by atoms with E-state index in [1.165, 1.54) is 12.1 Å². The summed E-state index contributed by atoms with van der Waals surface area (Å²) in [6.45, 7) is 3.43. The van der Waals surface area contributed by atoms with Crippen LogP contribution in [0.15, 0.2) is 33.5 Å². The maximum Gasteiger partial charge on any atom is 0.336 e. The molecule has 0 spiro atoms. The highest BCUT2D eigenvalue weighted by Gasteiger charge is 2.19. The van der Waals surface area contributed by atoms with Crippen LogP contribution in [0.2, 0.25) is 0 Å². The number of benzene rings is 1. The van der Waals surface area contributed by atoms with E-state index in [1.54, 1.807) is 19.1 Å². The molecule has 7 heteroatoms. The second-order valence-electron chi connectivity index (χ2n) is 5.80. The highest BCUT2D eigenvalue weighted by Crippen LogP contribution is 2.22. The summed E-state index contributed by atoms with van der Waals surface area (Å²) in [6.07, 6.45) is 1.93. The Kier molecular flexibility index (Phi) is 6.16. The van der Waals surface area contributed by atoms with Crippen LogP contribution in [-0.2, 0) is 9.59 Å². The minimum atomic E-state index is -1.07. The summed E-state index contributed by atoms with van der Waals surface area (Å²) in [5.74, 6) is -1.23. The number of carbonyl (C=O) groups excluding carboxylic acids is 1. The number of hydrogen-bond donors (Lipinski definition) is 2. The van der Waals surface area contributed by atoms with Crippen molar-refractivity contribution in [3.8, 4) is 5.75 Å². The molecule has 0 aliphatic rings. The van der Waals surface area contributed by atoms with Crippen LogP contribution < -0.4 is 15.7 Å². The van der Waals surface area contributed by atoms with Gasteiger partial charge in [-0.1, -0.05) is 19.8 Å². The Labute approximate surface area is 144 Å². The van der Waals surface area contributed by atoms with Crippen molar-refractivity contribution in [3.63, 3.8) is 0 Å². The lowest BCUT2D eigenvalue weighted by molar-refractivity contribution is -0.142. The van der Waals surface area contributed by atoms with E-state index in [0.29, 0.717) is 24.2 Å². The van der Waals surface area contributed by atoms with Crippen LogP contribution in [0.3, 0.4) is 0 Å². The maximum absolute atomic E-state index is 11.9. The molecular weight excluding hydrogens is 326 g/mol. The molecule has 0 aliphatic heterocycles. The van der Waals surface area contributed by atoms with E-state index >= 15 is 0 Å². The molecule has 1 heterocycles. The number of amides is 1. The van der Waals surface area contributed by atoms with Gasteiger partial charge >= 0.3 is 11.6 Å². The number of hydrogen-bond acceptors (Lipinski definition) is 5. The lowest BCUT2D eigenvalue weighted by atomic mass is 10.1. The van der Waals surface area contributed by atoms with Gasteiger partial charge in [-0.3, -0.25) is 4.79 Å². The number of fused-ring (bicyclic) bond motifs is 1. The number of rotatable bonds is 8. The molecule has 1 unspecified atom stereocenters. The molecule has 1 aromatic heterocycles. The average molecular weight is 347 g/mol. The monoisotopic (exact) mass is 347 g/mol. The smallest absolute Gasteiger partial charge is 0.336 e. The van der Waals surface area contributed by atoms with E-state index in [9.17, 15) is 14.4 Å². The summed E-state index contributed by atoms with van der Waals surface area (Å²) in [5, 5.41) is 12.3. The molecule has 0 bridgehead atoms. The van der Waals surface area contributed by atoms with E-state index in [1.807, 2.05) is 6.92 Å². The van der Waals surface area contributed by atoms with Crippen LogP contribution in [0.4, 0.5) is 0 Å². The molecule has 1 atom stereocenters. The molecule has 0 saturated heterocycles. The van der Waals surface area contributed by atoms with Crippen molar-refractivity contribution in [2.45, 2.75) is 39.2 Å². The Balaban J connectivity index is 2.00. The van der Waals surface area contributed by atoms with Crippen LogP contribution in [0.1, 0.15) is 31.7 Å². The lowest BCUT2D eigenvalue weighted by Crippen LogP contribution is -2.42. The molecule has 2 aromatic rings. The Morgan fingerprint density at radius 3 is 2.76 bits per heavy atom. The van der Waals surface area contributed by atoms with Gasteiger partial charge in [0.25, 0.3) is 5.91 Å². The number of nitrogens with one attached hydrogen (secondary N) is 1. The number of carboxylic acid groups (broad SMARTS) is 1. The third-order valence-corrected chi connectivity index (χ3v) is 3.77. The highest BCUT2D eigenvalue weighted by molar-refractivity contribution is 5.84. The van der Waals surface area contributed by atoms with Crippen LogP contribution in [-0.4, -0.2) is 29.6 Å². The standard InChI is InChI=1S/C18H21NO6/c1-3-4-5-14(18(22)23)19-16(20)10-24-12-6-7-13-11(2)8-17(21)25-15(13)9-12/h6-9,14H,3-5,10H2,1-2H3,(H,19,20)(H,22,23). The fraction of sp³-hybridized carbons (Fsp3) is 0.389. The predicted molar refractivity (Wildman–Crippen MR) is 91.8 cm³/mol. The van der Waals surface area contributed by atoms with E-state index in [0.717, 1.165) is 17.4 Å². The van der Waals surface area contributed by atoms with Gasteiger partial charge in [0.05, 0.1) is 0 Å². The van der Waals surface area contributed by atoms with E-state index < -0.39 is 23.5 Å². The van der Waals surface area contributed by atoms with Gasteiger partial charge < -0.3 is 19.6 Å². The van der Waals surface area contributed by atoms with Gasteiger partial charge in [0.2, 0.25) is 0 Å². The summed E-state index contributed by atoms with van der Waals surface area (Å²) in [4.78, 5) is 34.4. The van der Waals surface area contributed by atoms with Gasteiger partial charge in [0.15, 0.2) is 6.61 Å². The molecule has 0 fully saturated rings. The molecule has 0 aliphatic carbocycles. The predicted octanol–water partition coefficient (Wildman–Crippen LogP) is 2.24. The topological polar surface area (TPSA) is 106 Å². The lowest BCUT2D eigenvalue weighted by Gasteiger charge is -2.14. The Morgan fingerprint density at radius 2 is 2.08 bits per heavy atom. The summed E-state index contributed by atoms with van der Waals surface area (Å²) >= 11 is 0. The first-order chi connectivity index (χ1) is 11.9. The second kappa shape index (κ2) is 8.32. The Bertz CT molecular complexity index is 826. The Hall–Kier alpha value is -2.83. The second-order valence-corrected chi connectivity index (χ2v) is 5.80. The van der Waals surface area contributed by atoms with Gasteiger partial charge in [-0.05, 0) is 31.0 Å². The van der Waals surface area contributed by atoms with E-state index in [2.05, 4.69) is 5.32 Å². The SMILES string of the molecule is CCCCC(NC(=O)COc1ccc2c(C)cc(=O)oc2c1)C(=O)O. The van der Waals surface area contributed by atoms with Crippen molar-refractivity contribution in [1.82, 2.24) is 5.32 Å². The number of ether oxygens (including phenoxy) is 1.